The summed E-state index contributed by atoms with van der Waals surface area (Å²) < 4.78 is 10.7. The van der Waals surface area contributed by atoms with Gasteiger partial charge in [-0.3, -0.25) is 4.79 Å². The summed E-state index contributed by atoms with van der Waals surface area (Å²) in [6.07, 6.45) is 3.39. The monoisotopic (exact) mass is 412 g/mol. The maximum absolute atomic E-state index is 12.6. The SMILES string of the molecule is COc1cccc(CNC(=O)Nc2cc(C(N)=O)ccc2N2CCCCC2)c1OC. The molecule has 4 N–H and O–H groups in total. The first-order valence-corrected chi connectivity index (χ1v) is 9.97. The van der Waals surface area contributed by atoms with Gasteiger partial charge in [0.25, 0.3) is 0 Å². The Morgan fingerprint density at radius 3 is 2.50 bits per heavy atom. The molecule has 8 heteroatoms. The standard InChI is InChI=1S/C22H28N4O4/c1-29-19-8-6-7-16(20(19)30-2)14-24-22(28)25-17-13-15(21(23)27)9-10-18(17)26-11-4-3-5-12-26/h6-10,13H,3-5,11-12,14H2,1-2H3,(H2,23,27)(H2,24,25,28). The van der Waals surface area contributed by atoms with Crippen molar-refractivity contribution in [2.75, 3.05) is 37.5 Å². The summed E-state index contributed by atoms with van der Waals surface area (Å²) in [4.78, 5) is 26.5. The van der Waals surface area contributed by atoms with E-state index in [9.17, 15) is 9.59 Å². The smallest absolute Gasteiger partial charge is 0.319 e. The van der Waals surface area contributed by atoms with Crippen molar-refractivity contribution in [1.29, 1.82) is 0 Å². The van der Waals surface area contributed by atoms with Crippen molar-refractivity contribution in [3.63, 3.8) is 0 Å². The highest BCUT2D eigenvalue weighted by atomic mass is 16.5. The van der Waals surface area contributed by atoms with Gasteiger partial charge in [-0.2, -0.15) is 0 Å². The number of benzene rings is 2. The lowest BCUT2D eigenvalue weighted by Gasteiger charge is -2.30. The van der Waals surface area contributed by atoms with Crippen LogP contribution in [0.1, 0.15) is 35.2 Å². The fourth-order valence-corrected chi connectivity index (χ4v) is 3.63. The number of nitrogens with two attached hydrogens (primary N) is 1. The summed E-state index contributed by atoms with van der Waals surface area (Å²) in [5, 5.41) is 5.70. The van der Waals surface area contributed by atoms with Crippen LogP contribution in [0.5, 0.6) is 11.5 Å². The highest BCUT2D eigenvalue weighted by Gasteiger charge is 2.18. The lowest BCUT2D eigenvalue weighted by atomic mass is 10.1. The number of nitrogens with zero attached hydrogens (tertiary/aromatic N) is 1. The third-order valence-electron chi connectivity index (χ3n) is 5.15. The molecule has 1 saturated heterocycles. The van der Waals surface area contributed by atoms with Gasteiger partial charge in [0, 0.05) is 30.8 Å². The van der Waals surface area contributed by atoms with Crippen LogP contribution in [0.2, 0.25) is 0 Å². The molecule has 1 fully saturated rings. The number of para-hydroxylation sites is 1. The Balaban J connectivity index is 1.75. The van der Waals surface area contributed by atoms with E-state index in [1.165, 1.54) is 6.42 Å². The van der Waals surface area contributed by atoms with Gasteiger partial charge in [0.1, 0.15) is 0 Å². The van der Waals surface area contributed by atoms with E-state index in [0.717, 1.165) is 37.2 Å². The molecule has 0 radical (unpaired) electrons. The van der Waals surface area contributed by atoms with Gasteiger partial charge in [0.15, 0.2) is 11.5 Å². The Morgan fingerprint density at radius 2 is 1.83 bits per heavy atom. The van der Waals surface area contributed by atoms with E-state index in [2.05, 4.69) is 15.5 Å². The third kappa shape index (κ3) is 4.94. The fourth-order valence-electron chi connectivity index (χ4n) is 3.63. The molecule has 160 valence electrons. The molecule has 0 saturated carbocycles. The molecule has 2 aromatic carbocycles. The first kappa shape index (κ1) is 21.3. The number of urea groups is 1. The average molecular weight is 412 g/mol. The largest absolute Gasteiger partial charge is 0.493 e. The topological polar surface area (TPSA) is 106 Å². The van der Waals surface area contributed by atoms with Crippen LogP contribution in [0, 0.1) is 0 Å². The molecule has 8 nitrogen and oxygen atoms in total. The Labute approximate surface area is 176 Å². The van der Waals surface area contributed by atoms with Gasteiger partial charge in [-0.05, 0) is 43.5 Å². The van der Waals surface area contributed by atoms with E-state index < -0.39 is 5.91 Å². The molecule has 0 aromatic heterocycles. The Bertz CT molecular complexity index is 910. The summed E-state index contributed by atoms with van der Waals surface area (Å²) in [5.74, 6) is 0.633. The highest BCUT2D eigenvalue weighted by molar-refractivity contribution is 5.98. The average Bonchev–Trinajstić information content (AvgIpc) is 2.77. The van der Waals surface area contributed by atoms with E-state index in [1.54, 1.807) is 32.4 Å². The number of primary amides is 1. The first-order valence-electron chi connectivity index (χ1n) is 9.97. The summed E-state index contributed by atoms with van der Waals surface area (Å²) in [5.41, 5.74) is 8.01. The highest BCUT2D eigenvalue weighted by Crippen LogP contribution is 2.31. The third-order valence-corrected chi connectivity index (χ3v) is 5.15. The number of carbonyl (C=O) groups is 2. The van der Waals surface area contributed by atoms with Gasteiger partial charge in [-0.1, -0.05) is 12.1 Å². The van der Waals surface area contributed by atoms with Crippen molar-refractivity contribution in [2.24, 2.45) is 5.73 Å². The zero-order valence-corrected chi connectivity index (χ0v) is 17.4. The van der Waals surface area contributed by atoms with Gasteiger partial charge in [0.2, 0.25) is 5.91 Å². The number of methoxy groups -OCH3 is 2. The van der Waals surface area contributed by atoms with E-state index in [0.29, 0.717) is 22.7 Å². The predicted octanol–water partition coefficient (Wildman–Crippen LogP) is 3.11. The van der Waals surface area contributed by atoms with E-state index in [4.69, 9.17) is 15.2 Å². The van der Waals surface area contributed by atoms with Gasteiger partial charge in [-0.25, -0.2) is 4.79 Å². The van der Waals surface area contributed by atoms with Crippen molar-refractivity contribution in [3.8, 4) is 11.5 Å². The fraction of sp³-hybridized carbons (Fsp3) is 0.364. The summed E-state index contributed by atoms with van der Waals surface area (Å²) >= 11 is 0. The van der Waals surface area contributed by atoms with Crippen LogP contribution in [0.25, 0.3) is 0 Å². The molecule has 0 atom stereocenters. The number of hydrogen-bond donors (Lipinski definition) is 3. The minimum atomic E-state index is -0.537. The van der Waals surface area contributed by atoms with Crippen molar-refractivity contribution in [1.82, 2.24) is 5.32 Å². The van der Waals surface area contributed by atoms with Crippen molar-refractivity contribution in [2.45, 2.75) is 25.8 Å². The molecule has 1 aliphatic heterocycles. The van der Waals surface area contributed by atoms with Crippen LogP contribution in [0.15, 0.2) is 36.4 Å². The molecule has 3 rings (SSSR count). The summed E-state index contributed by atoms with van der Waals surface area (Å²) in [6.45, 7) is 2.07. The summed E-state index contributed by atoms with van der Waals surface area (Å²) in [6, 6.07) is 10.2. The summed E-state index contributed by atoms with van der Waals surface area (Å²) in [7, 11) is 3.12. The van der Waals surface area contributed by atoms with Crippen LogP contribution in [0.3, 0.4) is 0 Å². The zero-order chi connectivity index (χ0) is 21.5. The Kier molecular flexibility index (Phi) is 7.00. The molecule has 0 bridgehead atoms. The number of anilines is 2. The molecule has 3 amide bonds. The molecule has 30 heavy (non-hydrogen) atoms. The second-order valence-corrected chi connectivity index (χ2v) is 7.10. The van der Waals surface area contributed by atoms with Crippen molar-refractivity contribution < 1.29 is 19.1 Å². The number of rotatable bonds is 7. The molecular weight excluding hydrogens is 384 g/mol. The Hall–Kier alpha value is -3.42. The van der Waals surface area contributed by atoms with Gasteiger partial charge >= 0.3 is 6.03 Å². The minimum absolute atomic E-state index is 0.251. The first-order chi connectivity index (χ1) is 14.5. The molecule has 2 aromatic rings. The quantitative estimate of drug-likeness (QED) is 0.648. The van der Waals surface area contributed by atoms with Gasteiger partial charge < -0.3 is 30.7 Å². The lowest BCUT2D eigenvalue weighted by molar-refractivity contribution is 0.100. The minimum Gasteiger partial charge on any atom is -0.493 e. The maximum atomic E-state index is 12.6. The van der Waals surface area contributed by atoms with Crippen LogP contribution >= 0.6 is 0 Å². The predicted molar refractivity (Wildman–Crippen MR) is 116 cm³/mol. The number of ether oxygens (including phenoxy) is 2. The molecular formula is C22H28N4O4. The van der Waals surface area contributed by atoms with Crippen LogP contribution in [-0.4, -0.2) is 39.2 Å². The number of carbonyl (C=O) groups excluding carboxylic acids is 2. The Morgan fingerprint density at radius 1 is 1.07 bits per heavy atom. The maximum Gasteiger partial charge on any atom is 0.319 e. The molecule has 1 aliphatic rings. The van der Waals surface area contributed by atoms with Crippen LogP contribution in [0.4, 0.5) is 16.2 Å². The second kappa shape index (κ2) is 9.87. The van der Waals surface area contributed by atoms with E-state index in [1.807, 2.05) is 18.2 Å². The van der Waals surface area contributed by atoms with Gasteiger partial charge in [-0.15, -0.1) is 0 Å². The normalized spacial score (nSPS) is 13.5. The lowest BCUT2D eigenvalue weighted by Crippen LogP contribution is -2.32. The second-order valence-electron chi connectivity index (χ2n) is 7.10. The number of nitrogens with one attached hydrogen (secondary N) is 2. The molecule has 1 heterocycles. The van der Waals surface area contributed by atoms with Crippen LogP contribution < -0.4 is 30.7 Å². The number of piperidine rings is 1. The molecule has 0 unspecified atom stereocenters. The van der Waals surface area contributed by atoms with E-state index >= 15 is 0 Å². The van der Waals surface area contributed by atoms with E-state index in [-0.39, 0.29) is 12.6 Å². The zero-order valence-electron chi connectivity index (χ0n) is 17.4. The van der Waals surface area contributed by atoms with Gasteiger partial charge in [0.05, 0.1) is 25.6 Å². The van der Waals surface area contributed by atoms with Crippen molar-refractivity contribution in [3.05, 3.63) is 47.5 Å². The van der Waals surface area contributed by atoms with Crippen molar-refractivity contribution >= 4 is 23.3 Å². The number of hydrogen-bond acceptors (Lipinski definition) is 5. The number of amides is 3. The molecule has 0 aliphatic carbocycles. The van der Waals surface area contributed by atoms with Crippen LogP contribution in [-0.2, 0) is 6.54 Å². The molecule has 0 spiro atoms.